The van der Waals surface area contributed by atoms with Gasteiger partial charge in [0.1, 0.15) is 5.82 Å². The molecular formula is C18H19N5O. The second kappa shape index (κ2) is 6.62. The first-order valence-corrected chi connectivity index (χ1v) is 7.83. The molecule has 1 aromatic carbocycles. The molecule has 122 valence electrons. The summed E-state index contributed by atoms with van der Waals surface area (Å²) in [5.74, 6) is 0.671. The van der Waals surface area contributed by atoms with E-state index in [2.05, 4.69) is 32.0 Å². The lowest BCUT2D eigenvalue weighted by Gasteiger charge is -2.04. The molecule has 0 bridgehead atoms. The molecule has 0 aliphatic carbocycles. The van der Waals surface area contributed by atoms with Crippen molar-refractivity contribution < 1.29 is 4.79 Å². The highest BCUT2D eigenvalue weighted by molar-refractivity contribution is 6.00. The summed E-state index contributed by atoms with van der Waals surface area (Å²) in [7, 11) is 0. The van der Waals surface area contributed by atoms with Crippen molar-refractivity contribution in [1.82, 2.24) is 20.0 Å². The van der Waals surface area contributed by atoms with Crippen LogP contribution in [0.1, 0.15) is 35.7 Å². The largest absolute Gasteiger partial charge is 0.329 e. The summed E-state index contributed by atoms with van der Waals surface area (Å²) in [6.45, 7) is 6.69. The molecule has 24 heavy (non-hydrogen) atoms. The Kier molecular flexibility index (Phi) is 4.37. The van der Waals surface area contributed by atoms with E-state index >= 15 is 0 Å². The third-order valence-corrected chi connectivity index (χ3v) is 3.88. The first-order valence-electron chi connectivity index (χ1n) is 7.83. The highest BCUT2D eigenvalue weighted by Gasteiger charge is 2.10. The van der Waals surface area contributed by atoms with Gasteiger partial charge in [-0.15, -0.1) is 0 Å². The molecule has 3 aromatic rings. The van der Waals surface area contributed by atoms with E-state index in [1.807, 2.05) is 31.2 Å². The Labute approximate surface area is 140 Å². The van der Waals surface area contributed by atoms with Gasteiger partial charge in [0.05, 0.1) is 22.4 Å². The Morgan fingerprint density at radius 2 is 2.12 bits per heavy atom. The van der Waals surface area contributed by atoms with Crippen LogP contribution >= 0.6 is 0 Å². The maximum absolute atomic E-state index is 12.3. The molecule has 0 spiro atoms. The van der Waals surface area contributed by atoms with E-state index in [9.17, 15) is 4.79 Å². The lowest BCUT2D eigenvalue weighted by Crippen LogP contribution is -2.19. The molecule has 6 nitrogen and oxygen atoms in total. The normalized spacial score (nSPS) is 11.7. The summed E-state index contributed by atoms with van der Waals surface area (Å²) in [5, 5.41) is 4.12. The number of nitrogens with one attached hydrogen (secondary N) is 1. The Morgan fingerprint density at radius 3 is 2.83 bits per heavy atom. The number of hydrogen-bond donors (Lipinski definition) is 1. The van der Waals surface area contributed by atoms with Crippen molar-refractivity contribution in [2.24, 2.45) is 5.10 Å². The number of imidazole rings is 1. The lowest BCUT2D eigenvalue weighted by molar-refractivity contribution is 0.0955. The topological polar surface area (TPSA) is 72.2 Å². The SMILES string of the molecule is CCn1c(C)nc2cc(C(=O)N/N=C(/C)c3ccccn3)ccc21. The van der Waals surface area contributed by atoms with Gasteiger partial charge >= 0.3 is 0 Å². The van der Waals surface area contributed by atoms with Crippen molar-refractivity contribution >= 4 is 22.7 Å². The summed E-state index contributed by atoms with van der Waals surface area (Å²) in [5.41, 5.74) is 6.32. The Morgan fingerprint density at radius 1 is 1.29 bits per heavy atom. The van der Waals surface area contributed by atoms with Gasteiger partial charge in [0, 0.05) is 18.3 Å². The first-order chi connectivity index (χ1) is 11.6. The summed E-state index contributed by atoms with van der Waals surface area (Å²) in [4.78, 5) is 21.0. The fourth-order valence-corrected chi connectivity index (χ4v) is 2.62. The number of hydrazone groups is 1. The predicted octanol–water partition coefficient (Wildman–Crippen LogP) is 2.91. The van der Waals surface area contributed by atoms with E-state index < -0.39 is 0 Å². The van der Waals surface area contributed by atoms with Crippen LogP contribution in [0.5, 0.6) is 0 Å². The molecule has 2 heterocycles. The van der Waals surface area contributed by atoms with Crippen LogP contribution in [-0.4, -0.2) is 26.2 Å². The summed E-state index contributed by atoms with van der Waals surface area (Å²) >= 11 is 0. The monoisotopic (exact) mass is 321 g/mol. The molecule has 2 aromatic heterocycles. The minimum absolute atomic E-state index is 0.268. The molecule has 0 radical (unpaired) electrons. The lowest BCUT2D eigenvalue weighted by atomic mass is 10.2. The zero-order valence-corrected chi connectivity index (χ0v) is 13.9. The second-order valence-corrected chi connectivity index (χ2v) is 5.46. The van der Waals surface area contributed by atoms with Crippen molar-refractivity contribution in [2.45, 2.75) is 27.3 Å². The van der Waals surface area contributed by atoms with Crippen LogP contribution in [0.3, 0.4) is 0 Å². The Hall–Kier alpha value is -3.02. The first kappa shape index (κ1) is 15.9. The molecule has 0 unspecified atom stereocenters. The summed E-state index contributed by atoms with van der Waals surface area (Å²) in [6.07, 6.45) is 1.69. The van der Waals surface area contributed by atoms with Crippen molar-refractivity contribution in [3.63, 3.8) is 0 Å². The van der Waals surface area contributed by atoms with Gasteiger partial charge in [-0.2, -0.15) is 5.10 Å². The van der Waals surface area contributed by atoms with Crippen LogP contribution in [0.15, 0.2) is 47.7 Å². The molecule has 3 rings (SSSR count). The van der Waals surface area contributed by atoms with E-state index in [-0.39, 0.29) is 5.91 Å². The number of benzene rings is 1. The average Bonchev–Trinajstić information content (AvgIpc) is 2.94. The van der Waals surface area contributed by atoms with Crippen LogP contribution < -0.4 is 5.43 Å². The number of rotatable bonds is 4. The van der Waals surface area contributed by atoms with Gasteiger partial charge in [-0.3, -0.25) is 9.78 Å². The second-order valence-electron chi connectivity index (χ2n) is 5.46. The smallest absolute Gasteiger partial charge is 0.271 e. The van der Waals surface area contributed by atoms with Crippen LogP contribution in [0, 0.1) is 6.92 Å². The maximum atomic E-state index is 12.3. The summed E-state index contributed by atoms with van der Waals surface area (Å²) in [6, 6.07) is 11.1. The average molecular weight is 321 g/mol. The fraction of sp³-hybridized carbons (Fsp3) is 0.222. The van der Waals surface area contributed by atoms with Crippen molar-refractivity contribution in [3.8, 4) is 0 Å². The van der Waals surface area contributed by atoms with Crippen molar-refractivity contribution in [1.29, 1.82) is 0 Å². The highest BCUT2D eigenvalue weighted by atomic mass is 16.2. The van der Waals surface area contributed by atoms with E-state index in [0.717, 1.165) is 29.1 Å². The van der Waals surface area contributed by atoms with Gasteiger partial charge in [-0.05, 0) is 51.1 Å². The van der Waals surface area contributed by atoms with Crippen LogP contribution in [-0.2, 0) is 6.54 Å². The molecule has 0 saturated heterocycles. The molecule has 0 aliphatic rings. The quantitative estimate of drug-likeness (QED) is 0.593. The summed E-state index contributed by atoms with van der Waals surface area (Å²) < 4.78 is 2.11. The zero-order valence-electron chi connectivity index (χ0n) is 13.9. The molecule has 0 fully saturated rings. The van der Waals surface area contributed by atoms with E-state index in [0.29, 0.717) is 11.3 Å². The molecule has 0 aliphatic heterocycles. The van der Waals surface area contributed by atoms with E-state index in [1.54, 1.807) is 25.3 Å². The van der Waals surface area contributed by atoms with Gasteiger partial charge in [0.15, 0.2) is 0 Å². The highest BCUT2D eigenvalue weighted by Crippen LogP contribution is 2.17. The van der Waals surface area contributed by atoms with Gasteiger partial charge in [0.25, 0.3) is 5.91 Å². The van der Waals surface area contributed by atoms with Gasteiger partial charge in [-0.1, -0.05) is 6.07 Å². The number of nitrogens with zero attached hydrogens (tertiary/aromatic N) is 4. The van der Waals surface area contributed by atoms with Crippen LogP contribution in [0.2, 0.25) is 0 Å². The number of aryl methyl sites for hydroxylation is 2. The number of hydrogen-bond acceptors (Lipinski definition) is 4. The number of carbonyl (C=O) groups is 1. The molecule has 0 atom stereocenters. The minimum atomic E-state index is -0.268. The van der Waals surface area contributed by atoms with E-state index in [4.69, 9.17) is 0 Å². The molecule has 1 N–H and O–H groups in total. The van der Waals surface area contributed by atoms with Gasteiger partial charge in [-0.25, -0.2) is 10.4 Å². The maximum Gasteiger partial charge on any atom is 0.271 e. The third-order valence-electron chi connectivity index (χ3n) is 3.88. The van der Waals surface area contributed by atoms with Gasteiger partial charge in [0.2, 0.25) is 0 Å². The zero-order chi connectivity index (χ0) is 17.1. The Balaban J connectivity index is 1.81. The number of carbonyl (C=O) groups excluding carboxylic acids is 1. The standard InChI is InChI=1S/C18H19N5O/c1-4-23-13(3)20-16-11-14(8-9-17(16)23)18(24)22-21-12(2)15-7-5-6-10-19-15/h5-11H,4H2,1-3H3,(H,22,24)/b21-12-. The van der Waals surface area contributed by atoms with E-state index in [1.165, 1.54) is 0 Å². The predicted molar refractivity (Wildman–Crippen MR) is 94.1 cm³/mol. The van der Waals surface area contributed by atoms with Gasteiger partial charge < -0.3 is 4.57 Å². The molecule has 6 heteroatoms. The number of pyridine rings is 1. The fourth-order valence-electron chi connectivity index (χ4n) is 2.62. The minimum Gasteiger partial charge on any atom is -0.329 e. The number of amides is 1. The number of aromatic nitrogens is 3. The molecule has 0 saturated carbocycles. The van der Waals surface area contributed by atoms with Crippen LogP contribution in [0.4, 0.5) is 0 Å². The number of fused-ring (bicyclic) bond motifs is 1. The molecule has 1 amide bonds. The Bertz CT molecular complexity index is 912. The van der Waals surface area contributed by atoms with Crippen LogP contribution in [0.25, 0.3) is 11.0 Å². The van der Waals surface area contributed by atoms with Crippen molar-refractivity contribution in [3.05, 3.63) is 59.7 Å². The van der Waals surface area contributed by atoms with Crippen molar-refractivity contribution in [2.75, 3.05) is 0 Å². The third kappa shape index (κ3) is 3.03. The molecular weight excluding hydrogens is 302 g/mol.